The molecular weight excluding hydrogens is 406 g/mol. The lowest BCUT2D eigenvalue weighted by atomic mass is 10.2. The number of carbonyl (C=O) groups excluding carboxylic acids is 1. The van der Waals surface area contributed by atoms with Crippen LogP contribution in [0.4, 0.5) is 5.13 Å². The van der Waals surface area contributed by atoms with Crippen LogP contribution in [0.15, 0.2) is 48.5 Å². The molecule has 5 nitrogen and oxygen atoms in total. The van der Waals surface area contributed by atoms with Crippen molar-refractivity contribution in [2.24, 2.45) is 0 Å². The van der Waals surface area contributed by atoms with Crippen molar-refractivity contribution in [1.82, 2.24) is 9.88 Å². The molecule has 0 aliphatic heterocycles. The molecule has 2 aromatic carbocycles. The number of hydrogen-bond acceptors (Lipinski definition) is 5. The van der Waals surface area contributed by atoms with Crippen molar-refractivity contribution in [3.05, 3.63) is 59.1 Å². The number of amides is 1. The molecule has 0 atom stereocenters. The molecule has 0 radical (unpaired) electrons. The standard InChI is InChI=1S/C22H24ClN3O2S/c1-25(2)14-7-15-26(19(27)13-10-16-8-5-4-6-9-16)22-24-20-18(28-3)12-11-17(23)21(20)29-22/h4-6,8-13H,7,14-15H2,1-3H3/b13-10+. The lowest BCUT2D eigenvalue weighted by molar-refractivity contribution is -0.114. The topological polar surface area (TPSA) is 45.7 Å². The lowest BCUT2D eigenvalue weighted by Crippen LogP contribution is -2.32. The first-order chi connectivity index (χ1) is 14.0. The second-order valence-electron chi connectivity index (χ2n) is 6.81. The number of thiazole rings is 1. The summed E-state index contributed by atoms with van der Waals surface area (Å²) < 4.78 is 6.23. The average Bonchev–Trinajstić information content (AvgIpc) is 3.16. The summed E-state index contributed by atoms with van der Waals surface area (Å²) in [4.78, 5) is 21.5. The maximum Gasteiger partial charge on any atom is 0.252 e. The van der Waals surface area contributed by atoms with E-state index in [1.165, 1.54) is 11.3 Å². The van der Waals surface area contributed by atoms with Gasteiger partial charge in [0.1, 0.15) is 11.3 Å². The normalized spacial score (nSPS) is 11.5. The Labute approximate surface area is 180 Å². The van der Waals surface area contributed by atoms with Crippen molar-refractivity contribution in [3.8, 4) is 5.75 Å². The molecule has 0 saturated carbocycles. The van der Waals surface area contributed by atoms with E-state index in [4.69, 9.17) is 16.3 Å². The molecular formula is C22H24ClN3O2S. The summed E-state index contributed by atoms with van der Waals surface area (Å²) in [5.74, 6) is 0.536. The van der Waals surface area contributed by atoms with E-state index < -0.39 is 0 Å². The summed E-state index contributed by atoms with van der Waals surface area (Å²) in [7, 11) is 5.64. The number of hydrogen-bond donors (Lipinski definition) is 0. The first-order valence-corrected chi connectivity index (χ1v) is 10.5. The first kappa shape index (κ1) is 21.3. The molecule has 7 heteroatoms. The number of rotatable bonds is 8. The Morgan fingerprint density at radius 2 is 1.93 bits per heavy atom. The number of halogens is 1. The monoisotopic (exact) mass is 429 g/mol. The summed E-state index contributed by atoms with van der Waals surface area (Å²) in [6, 6.07) is 13.3. The van der Waals surface area contributed by atoms with Crippen molar-refractivity contribution in [2.45, 2.75) is 6.42 Å². The molecule has 29 heavy (non-hydrogen) atoms. The van der Waals surface area contributed by atoms with Crippen molar-refractivity contribution in [3.63, 3.8) is 0 Å². The van der Waals surface area contributed by atoms with Crippen LogP contribution in [0.1, 0.15) is 12.0 Å². The van der Waals surface area contributed by atoms with Crippen molar-refractivity contribution in [1.29, 1.82) is 0 Å². The summed E-state index contributed by atoms with van der Waals surface area (Å²) in [5.41, 5.74) is 1.65. The number of methoxy groups -OCH3 is 1. The van der Waals surface area contributed by atoms with Crippen LogP contribution in [0.5, 0.6) is 5.75 Å². The zero-order chi connectivity index (χ0) is 20.8. The van der Waals surface area contributed by atoms with Crippen molar-refractivity contribution >= 4 is 50.3 Å². The van der Waals surface area contributed by atoms with Crippen LogP contribution in [-0.4, -0.2) is 50.1 Å². The molecule has 0 bridgehead atoms. The van der Waals surface area contributed by atoms with Crippen LogP contribution in [-0.2, 0) is 4.79 Å². The van der Waals surface area contributed by atoms with Crippen LogP contribution in [0.3, 0.4) is 0 Å². The number of ether oxygens (including phenoxy) is 1. The average molecular weight is 430 g/mol. The number of nitrogens with zero attached hydrogens (tertiary/aromatic N) is 3. The molecule has 1 heterocycles. The molecule has 1 aromatic heterocycles. The van der Waals surface area contributed by atoms with Gasteiger partial charge in [-0.2, -0.15) is 0 Å². The van der Waals surface area contributed by atoms with E-state index >= 15 is 0 Å². The third-order valence-corrected chi connectivity index (χ3v) is 5.91. The fourth-order valence-corrected chi connectivity index (χ4v) is 4.18. The van der Waals surface area contributed by atoms with E-state index in [0.29, 0.717) is 28.0 Å². The Balaban J connectivity index is 1.92. The van der Waals surface area contributed by atoms with Gasteiger partial charge in [-0.25, -0.2) is 4.98 Å². The maximum absolute atomic E-state index is 13.0. The molecule has 3 aromatic rings. The maximum atomic E-state index is 13.0. The van der Waals surface area contributed by atoms with Gasteiger partial charge in [0.25, 0.3) is 5.91 Å². The smallest absolute Gasteiger partial charge is 0.252 e. The largest absolute Gasteiger partial charge is 0.494 e. The molecule has 0 aliphatic carbocycles. The predicted octanol–water partition coefficient (Wildman–Crippen LogP) is 4.96. The van der Waals surface area contributed by atoms with E-state index in [1.807, 2.05) is 50.5 Å². The van der Waals surface area contributed by atoms with E-state index in [0.717, 1.165) is 23.2 Å². The Morgan fingerprint density at radius 3 is 2.62 bits per heavy atom. The Bertz CT molecular complexity index is 1000. The minimum atomic E-state index is -0.109. The quantitative estimate of drug-likeness (QED) is 0.475. The van der Waals surface area contributed by atoms with Gasteiger partial charge in [0.05, 0.1) is 16.8 Å². The fourth-order valence-electron chi connectivity index (χ4n) is 2.89. The molecule has 152 valence electrons. The highest BCUT2D eigenvalue weighted by Gasteiger charge is 2.20. The zero-order valence-electron chi connectivity index (χ0n) is 16.8. The minimum absolute atomic E-state index is 0.109. The lowest BCUT2D eigenvalue weighted by Gasteiger charge is -2.19. The van der Waals surface area contributed by atoms with Crippen LogP contribution in [0, 0.1) is 0 Å². The highest BCUT2D eigenvalue weighted by Crippen LogP contribution is 2.38. The number of benzene rings is 2. The third-order valence-electron chi connectivity index (χ3n) is 4.37. The van der Waals surface area contributed by atoms with Crippen LogP contribution in [0.2, 0.25) is 5.02 Å². The zero-order valence-corrected chi connectivity index (χ0v) is 18.3. The predicted molar refractivity (Wildman–Crippen MR) is 122 cm³/mol. The van der Waals surface area contributed by atoms with E-state index in [9.17, 15) is 4.79 Å². The van der Waals surface area contributed by atoms with E-state index in [2.05, 4.69) is 9.88 Å². The summed E-state index contributed by atoms with van der Waals surface area (Å²) in [6.45, 7) is 1.44. The molecule has 0 aliphatic rings. The van der Waals surface area contributed by atoms with Gasteiger partial charge in [-0.1, -0.05) is 53.3 Å². The Hall–Kier alpha value is -2.41. The molecule has 1 amide bonds. The van der Waals surface area contributed by atoms with Gasteiger partial charge < -0.3 is 9.64 Å². The number of fused-ring (bicyclic) bond motifs is 1. The second kappa shape index (κ2) is 9.87. The molecule has 3 rings (SSSR count). The minimum Gasteiger partial charge on any atom is -0.494 e. The molecule has 0 saturated heterocycles. The van der Waals surface area contributed by atoms with Gasteiger partial charge in [-0.05, 0) is 50.8 Å². The summed E-state index contributed by atoms with van der Waals surface area (Å²) in [5, 5.41) is 1.22. The van der Waals surface area contributed by atoms with Crippen molar-refractivity contribution in [2.75, 3.05) is 39.2 Å². The van der Waals surface area contributed by atoms with Gasteiger partial charge in [-0.15, -0.1) is 0 Å². The Kier molecular flexibility index (Phi) is 7.25. The summed E-state index contributed by atoms with van der Waals surface area (Å²) in [6.07, 6.45) is 4.25. The van der Waals surface area contributed by atoms with Gasteiger partial charge in [0.2, 0.25) is 0 Å². The van der Waals surface area contributed by atoms with Crippen molar-refractivity contribution < 1.29 is 9.53 Å². The van der Waals surface area contributed by atoms with E-state index in [-0.39, 0.29) is 5.91 Å². The van der Waals surface area contributed by atoms with Gasteiger partial charge in [0, 0.05) is 12.6 Å². The molecule has 0 N–H and O–H groups in total. The highest BCUT2D eigenvalue weighted by atomic mass is 35.5. The van der Waals surface area contributed by atoms with E-state index in [1.54, 1.807) is 30.2 Å². The van der Waals surface area contributed by atoms with Gasteiger partial charge >= 0.3 is 0 Å². The van der Waals surface area contributed by atoms with Gasteiger partial charge in [-0.3, -0.25) is 9.69 Å². The molecule has 0 spiro atoms. The van der Waals surface area contributed by atoms with Crippen LogP contribution < -0.4 is 9.64 Å². The molecule has 0 unspecified atom stereocenters. The third kappa shape index (κ3) is 5.35. The second-order valence-corrected chi connectivity index (χ2v) is 8.20. The van der Waals surface area contributed by atoms with Gasteiger partial charge in [0.15, 0.2) is 5.13 Å². The molecule has 0 fully saturated rings. The first-order valence-electron chi connectivity index (χ1n) is 9.32. The SMILES string of the molecule is COc1ccc(Cl)c2sc(N(CCCN(C)C)C(=O)/C=C/c3ccccc3)nc12. The fraction of sp³-hybridized carbons (Fsp3) is 0.273. The number of carbonyl (C=O) groups is 1. The number of anilines is 1. The Morgan fingerprint density at radius 1 is 1.17 bits per heavy atom. The number of aromatic nitrogens is 1. The summed E-state index contributed by atoms with van der Waals surface area (Å²) >= 11 is 7.77. The van der Waals surface area contributed by atoms with Crippen LogP contribution in [0.25, 0.3) is 16.3 Å². The van der Waals surface area contributed by atoms with Crippen LogP contribution >= 0.6 is 22.9 Å². The highest BCUT2D eigenvalue weighted by molar-refractivity contribution is 7.23.